The van der Waals surface area contributed by atoms with Gasteiger partial charge in [0, 0.05) is 37.7 Å². The van der Waals surface area contributed by atoms with E-state index in [1.54, 1.807) is 21.6 Å². The fourth-order valence-electron chi connectivity index (χ4n) is 4.73. The van der Waals surface area contributed by atoms with Crippen LogP contribution in [-0.2, 0) is 26.2 Å². The lowest BCUT2D eigenvalue weighted by atomic mass is 10.2. The molecule has 0 atom stereocenters. The van der Waals surface area contributed by atoms with Gasteiger partial charge < -0.3 is 9.80 Å². The molecular weight excluding hydrogens is 665 g/mol. The van der Waals surface area contributed by atoms with Crippen LogP contribution in [0.25, 0.3) is 0 Å². The Morgan fingerprint density at radius 3 is 0.956 bits per heavy atom. The first-order chi connectivity index (χ1) is 22.2. The van der Waals surface area contributed by atoms with Crippen LogP contribution >= 0.6 is 67.6 Å². The zero-order valence-corrected chi connectivity index (χ0v) is 30.6. The van der Waals surface area contributed by atoms with Crippen molar-refractivity contribution in [1.29, 1.82) is 0 Å². The molecule has 0 N–H and O–H groups in total. The lowest BCUT2D eigenvalue weighted by molar-refractivity contribution is 0.421. The van der Waals surface area contributed by atoms with Gasteiger partial charge in [0.25, 0.3) is 0 Å². The van der Waals surface area contributed by atoms with E-state index >= 15 is 0 Å². The van der Waals surface area contributed by atoms with Gasteiger partial charge in [0.2, 0.25) is 0 Å². The summed E-state index contributed by atoms with van der Waals surface area (Å²) in [5.74, 6) is 2.26. The first-order valence-electron chi connectivity index (χ1n) is 15.5. The quantitative estimate of drug-likeness (QED) is 0.0566. The lowest BCUT2D eigenvalue weighted by Gasteiger charge is -2.25. The van der Waals surface area contributed by atoms with Gasteiger partial charge in [-0.3, -0.25) is 0 Å². The molecule has 2 nitrogen and oxygen atoms in total. The predicted molar refractivity (Wildman–Crippen MR) is 213 cm³/mol. The third-order valence-electron chi connectivity index (χ3n) is 7.10. The van der Waals surface area contributed by atoms with Gasteiger partial charge in [0.15, 0.2) is 0 Å². The van der Waals surface area contributed by atoms with Crippen molar-refractivity contribution in [1.82, 2.24) is 9.80 Å². The highest BCUT2D eigenvalue weighted by Crippen LogP contribution is 2.30. The monoisotopic (exact) mass is 706 g/mol. The van der Waals surface area contributed by atoms with Gasteiger partial charge in [-0.25, -0.2) is 0 Å². The molecule has 0 amide bonds. The molecule has 0 aliphatic rings. The third kappa shape index (κ3) is 14.6. The maximum absolute atomic E-state index is 5.88. The van der Waals surface area contributed by atoms with Gasteiger partial charge >= 0.3 is 0 Å². The summed E-state index contributed by atoms with van der Waals surface area (Å²) in [6, 6.07) is 42.5. The zero-order valence-electron chi connectivity index (χ0n) is 25.7. The summed E-state index contributed by atoms with van der Waals surface area (Å²) in [5, 5.41) is 0. The molecule has 0 saturated heterocycles. The second-order valence-corrected chi connectivity index (χ2v) is 16.9. The SMILES string of the molecule is S=C(SSCCCCCCCSSC(=S)N(Cc1ccccc1)Cc1ccccc1)N(Cc1ccccc1)Cc1ccccc1. The van der Waals surface area contributed by atoms with E-state index in [0.717, 1.165) is 46.3 Å². The number of hydrogen-bond acceptors (Lipinski definition) is 6. The average Bonchev–Trinajstić information content (AvgIpc) is 3.08. The Bertz CT molecular complexity index is 1180. The minimum Gasteiger partial charge on any atom is -0.348 e. The van der Waals surface area contributed by atoms with Crippen LogP contribution in [0, 0.1) is 0 Å². The van der Waals surface area contributed by atoms with Gasteiger partial charge in [-0.2, -0.15) is 0 Å². The van der Waals surface area contributed by atoms with Crippen LogP contribution in [0.5, 0.6) is 0 Å². The van der Waals surface area contributed by atoms with E-state index < -0.39 is 0 Å². The molecule has 8 heteroatoms. The van der Waals surface area contributed by atoms with Crippen LogP contribution in [0.3, 0.4) is 0 Å². The Morgan fingerprint density at radius 1 is 0.400 bits per heavy atom. The summed E-state index contributed by atoms with van der Waals surface area (Å²) in [4.78, 5) is 4.64. The topological polar surface area (TPSA) is 6.48 Å². The van der Waals surface area contributed by atoms with Crippen molar-refractivity contribution in [3.8, 4) is 0 Å². The summed E-state index contributed by atoms with van der Waals surface area (Å²) in [6.07, 6.45) is 6.30. The Labute approximate surface area is 297 Å². The minimum absolute atomic E-state index is 0.835. The van der Waals surface area contributed by atoms with E-state index in [2.05, 4.69) is 131 Å². The number of benzene rings is 4. The molecule has 4 aromatic rings. The first-order valence-corrected chi connectivity index (χ1v) is 21.0. The van der Waals surface area contributed by atoms with Gasteiger partial charge in [0.05, 0.1) is 0 Å². The number of hydrogen-bond donors (Lipinski definition) is 0. The summed E-state index contributed by atoms with van der Waals surface area (Å²) >= 11 is 11.8. The molecule has 0 aromatic heterocycles. The molecule has 0 bridgehead atoms. The molecule has 0 spiro atoms. The van der Waals surface area contributed by atoms with E-state index in [1.807, 2.05) is 21.6 Å². The molecule has 45 heavy (non-hydrogen) atoms. The van der Waals surface area contributed by atoms with Crippen molar-refractivity contribution in [2.45, 2.75) is 58.3 Å². The van der Waals surface area contributed by atoms with Crippen LogP contribution in [0.1, 0.15) is 54.4 Å². The summed E-state index contributed by atoms with van der Waals surface area (Å²) in [7, 11) is 7.30. The molecule has 4 aromatic carbocycles. The number of unbranched alkanes of at least 4 members (excludes halogenated alkanes) is 4. The van der Waals surface area contributed by atoms with Crippen LogP contribution < -0.4 is 0 Å². The largest absolute Gasteiger partial charge is 0.348 e. The average molecular weight is 707 g/mol. The van der Waals surface area contributed by atoms with Crippen molar-refractivity contribution in [2.24, 2.45) is 0 Å². The second kappa shape index (κ2) is 21.8. The molecule has 0 radical (unpaired) electrons. The summed E-state index contributed by atoms with van der Waals surface area (Å²) < 4.78 is 1.93. The van der Waals surface area contributed by atoms with Gasteiger partial charge in [-0.05, 0) is 56.7 Å². The number of rotatable bonds is 18. The smallest absolute Gasteiger partial charge is 0.147 e. The van der Waals surface area contributed by atoms with Crippen molar-refractivity contribution >= 4 is 76.3 Å². The molecule has 236 valence electrons. The van der Waals surface area contributed by atoms with Crippen LogP contribution in [0.2, 0.25) is 0 Å². The second-order valence-electron chi connectivity index (χ2n) is 10.8. The molecule has 0 aliphatic carbocycles. The summed E-state index contributed by atoms with van der Waals surface area (Å²) in [5.41, 5.74) is 5.15. The van der Waals surface area contributed by atoms with Gasteiger partial charge in [-0.15, -0.1) is 0 Å². The summed E-state index contributed by atoms with van der Waals surface area (Å²) in [6.45, 7) is 3.34. The highest BCUT2D eigenvalue weighted by atomic mass is 33.1. The maximum atomic E-state index is 5.88. The Hall–Kier alpha value is -1.94. The van der Waals surface area contributed by atoms with Gasteiger partial charge in [0.1, 0.15) is 8.64 Å². The Balaban J connectivity index is 1.07. The lowest BCUT2D eigenvalue weighted by Crippen LogP contribution is -2.26. The predicted octanol–water partition coefficient (Wildman–Crippen LogP) is 11.7. The van der Waals surface area contributed by atoms with Crippen LogP contribution in [0.4, 0.5) is 0 Å². The standard InChI is InChI=1S/C37H42N2S6/c40-36(38(28-32-18-8-4-9-19-32)29-33-20-10-5-11-21-33)44-42-26-16-2-1-3-17-27-43-45-37(41)39(30-34-22-12-6-13-23-34)31-35-24-14-7-15-25-35/h4-15,18-25H,1-3,16-17,26-31H2. The van der Waals surface area contributed by atoms with Crippen LogP contribution in [0.15, 0.2) is 121 Å². The van der Waals surface area contributed by atoms with Crippen molar-refractivity contribution in [3.05, 3.63) is 144 Å². The molecule has 0 heterocycles. The third-order valence-corrected chi connectivity index (χ3v) is 13.3. The Kier molecular flexibility index (Phi) is 17.4. The molecule has 0 saturated carbocycles. The highest BCUT2D eigenvalue weighted by molar-refractivity contribution is 8.84. The normalized spacial score (nSPS) is 10.8. The maximum Gasteiger partial charge on any atom is 0.147 e. The fourth-order valence-corrected chi connectivity index (χ4v) is 9.78. The molecule has 0 unspecified atom stereocenters. The van der Waals surface area contributed by atoms with E-state index in [9.17, 15) is 0 Å². The number of nitrogens with zero attached hydrogens (tertiary/aromatic N) is 2. The van der Waals surface area contributed by atoms with E-state index in [4.69, 9.17) is 24.4 Å². The van der Waals surface area contributed by atoms with Crippen molar-refractivity contribution in [3.63, 3.8) is 0 Å². The molecule has 0 fully saturated rings. The van der Waals surface area contributed by atoms with E-state index in [-0.39, 0.29) is 0 Å². The molecule has 0 aliphatic heterocycles. The number of thiocarbonyl (C=S) groups is 2. The van der Waals surface area contributed by atoms with E-state index in [0.29, 0.717) is 0 Å². The van der Waals surface area contributed by atoms with Gasteiger partial charge in [-0.1, -0.05) is 187 Å². The Morgan fingerprint density at radius 2 is 0.667 bits per heavy atom. The molecule has 4 rings (SSSR count). The fraction of sp³-hybridized carbons (Fsp3) is 0.297. The van der Waals surface area contributed by atoms with Crippen molar-refractivity contribution < 1.29 is 0 Å². The van der Waals surface area contributed by atoms with Crippen molar-refractivity contribution in [2.75, 3.05) is 11.5 Å². The minimum atomic E-state index is 0.835. The van der Waals surface area contributed by atoms with E-state index in [1.165, 1.54) is 54.4 Å². The molecular formula is C37H42N2S6. The van der Waals surface area contributed by atoms with Crippen LogP contribution in [-0.4, -0.2) is 29.9 Å². The first kappa shape index (κ1) is 35.9. The highest BCUT2D eigenvalue weighted by Gasteiger charge is 2.14. The zero-order chi connectivity index (χ0) is 31.4.